The Kier molecular flexibility index (Phi) is 4.98. The first-order valence-electron chi connectivity index (χ1n) is 9.55. The predicted molar refractivity (Wildman–Crippen MR) is 115 cm³/mol. The smallest absolute Gasteiger partial charge is 0.262 e. The van der Waals surface area contributed by atoms with Crippen LogP contribution in [0.1, 0.15) is 41.6 Å². The zero-order chi connectivity index (χ0) is 19.8. The summed E-state index contributed by atoms with van der Waals surface area (Å²) in [5, 5.41) is 0.771. The number of rotatable bonds is 5. The van der Waals surface area contributed by atoms with Gasteiger partial charge in [-0.05, 0) is 61.6 Å². The molecule has 5 nitrogen and oxygen atoms in total. The molecule has 28 heavy (non-hydrogen) atoms. The number of methoxy groups -OCH3 is 1. The molecule has 6 heteroatoms. The lowest BCUT2D eigenvalue weighted by atomic mass is 10.1. The molecule has 1 aliphatic rings. The zero-order valence-corrected chi connectivity index (χ0v) is 17.5. The van der Waals surface area contributed by atoms with Gasteiger partial charge in [0.1, 0.15) is 10.7 Å². The van der Waals surface area contributed by atoms with Crippen molar-refractivity contribution in [2.45, 2.75) is 40.2 Å². The fraction of sp³-hybridized carbons (Fsp3) is 0.364. The van der Waals surface area contributed by atoms with Crippen molar-refractivity contribution in [1.82, 2.24) is 9.55 Å². The molecule has 3 aromatic rings. The van der Waals surface area contributed by atoms with E-state index in [1.165, 1.54) is 0 Å². The lowest BCUT2D eigenvalue weighted by Crippen LogP contribution is -2.20. The summed E-state index contributed by atoms with van der Waals surface area (Å²) in [6.45, 7) is 7.44. The normalized spacial score (nSPS) is 14.6. The van der Waals surface area contributed by atoms with E-state index in [9.17, 15) is 4.79 Å². The molecule has 3 heterocycles. The van der Waals surface area contributed by atoms with Crippen LogP contribution in [-0.4, -0.2) is 23.3 Å². The van der Waals surface area contributed by atoms with Crippen LogP contribution in [0.4, 0.5) is 0 Å². The third kappa shape index (κ3) is 3.11. The summed E-state index contributed by atoms with van der Waals surface area (Å²) < 4.78 is 13.0. The first-order valence-corrected chi connectivity index (χ1v) is 10.4. The quantitative estimate of drug-likeness (QED) is 0.621. The molecular weight excluding hydrogens is 372 g/mol. The zero-order valence-electron chi connectivity index (χ0n) is 16.7. The highest BCUT2D eigenvalue weighted by Gasteiger charge is 2.23. The maximum atomic E-state index is 13.0. The summed E-state index contributed by atoms with van der Waals surface area (Å²) in [4.78, 5) is 19.8. The van der Waals surface area contributed by atoms with Gasteiger partial charge in [-0.3, -0.25) is 9.36 Å². The van der Waals surface area contributed by atoms with Gasteiger partial charge in [-0.2, -0.15) is 0 Å². The number of nitrogens with zero attached hydrogens (tertiary/aromatic N) is 2. The van der Waals surface area contributed by atoms with Crippen LogP contribution < -0.4 is 15.0 Å². The molecule has 1 aromatic carbocycles. The monoisotopic (exact) mass is 396 g/mol. The molecule has 1 aliphatic heterocycles. The van der Waals surface area contributed by atoms with Gasteiger partial charge in [-0.25, -0.2) is 4.98 Å². The van der Waals surface area contributed by atoms with Crippen LogP contribution in [0.25, 0.3) is 21.9 Å². The van der Waals surface area contributed by atoms with E-state index in [1.807, 2.05) is 36.6 Å². The van der Waals surface area contributed by atoms with Crippen LogP contribution in [0, 0.1) is 13.8 Å². The molecule has 0 unspecified atom stereocenters. The van der Waals surface area contributed by atoms with E-state index in [-0.39, 0.29) is 5.56 Å². The fourth-order valence-electron chi connectivity index (χ4n) is 3.57. The summed E-state index contributed by atoms with van der Waals surface area (Å²) >= 11 is 1.60. The van der Waals surface area contributed by atoms with Gasteiger partial charge in [-0.1, -0.05) is 13.0 Å². The lowest BCUT2D eigenvalue weighted by Gasteiger charge is -2.11. The SMILES string of the molecule is CCCOc1cc(/C=C2\CCn3c2nc2sc(C)c(C)c2c3=O)ccc1OC. The molecule has 0 aliphatic carbocycles. The summed E-state index contributed by atoms with van der Waals surface area (Å²) in [5.41, 5.74) is 3.22. The van der Waals surface area contributed by atoms with E-state index in [0.717, 1.165) is 62.0 Å². The number of benzene rings is 1. The maximum Gasteiger partial charge on any atom is 0.262 e. The van der Waals surface area contributed by atoms with Gasteiger partial charge in [0.05, 0.1) is 19.1 Å². The summed E-state index contributed by atoms with van der Waals surface area (Å²) in [7, 11) is 1.64. The Morgan fingerprint density at radius 1 is 1.29 bits per heavy atom. The van der Waals surface area contributed by atoms with Crippen LogP contribution in [0.15, 0.2) is 23.0 Å². The molecule has 0 bridgehead atoms. The predicted octanol–water partition coefficient (Wildman–Crippen LogP) is 4.82. The van der Waals surface area contributed by atoms with Crippen molar-refractivity contribution >= 4 is 33.2 Å². The van der Waals surface area contributed by atoms with Gasteiger partial charge in [0, 0.05) is 11.4 Å². The van der Waals surface area contributed by atoms with Gasteiger partial charge in [0.2, 0.25) is 0 Å². The van der Waals surface area contributed by atoms with Crippen LogP contribution in [-0.2, 0) is 6.54 Å². The van der Waals surface area contributed by atoms with E-state index in [2.05, 4.69) is 13.0 Å². The fourth-order valence-corrected chi connectivity index (χ4v) is 4.59. The van der Waals surface area contributed by atoms with Gasteiger partial charge in [-0.15, -0.1) is 11.3 Å². The second kappa shape index (κ2) is 7.43. The molecule has 0 saturated heterocycles. The van der Waals surface area contributed by atoms with Crippen molar-refractivity contribution in [2.75, 3.05) is 13.7 Å². The van der Waals surface area contributed by atoms with E-state index < -0.39 is 0 Å². The molecule has 0 radical (unpaired) electrons. The highest BCUT2D eigenvalue weighted by Crippen LogP contribution is 2.34. The Balaban J connectivity index is 1.78. The lowest BCUT2D eigenvalue weighted by molar-refractivity contribution is 0.294. The summed E-state index contributed by atoms with van der Waals surface area (Å²) in [5.74, 6) is 2.25. The van der Waals surface area contributed by atoms with Crippen molar-refractivity contribution in [3.63, 3.8) is 0 Å². The van der Waals surface area contributed by atoms with Crippen LogP contribution in [0.3, 0.4) is 0 Å². The van der Waals surface area contributed by atoms with Gasteiger partial charge in [0.15, 0.2) is 11.5 Å². The molecular formula is C22H24N2O3S. The number of hydrogen-bond donors (Lipinski definition) is 0. The second-order valence-electron chi connectivity index (χ2n) is 7.03. The maximum absolute atomic E-state index is 13.0. The molecule has 0 spiro atoms. The number of aromatic nitrogens is 2. The van der Waals surface area contributed by atoms with Crippen LogP contribution in [0.2, 0.25) is 0 Å². The highest BCUT2D eigenvalue weighted by molar-refractivity contribution is 7.18. The highest BCUT2D eigenvalue weighted by atomic mass is 32.1. The molecule has 146 valence electrons. The standard InChI is InChI=1S/C22H24N2O3S/c1-5-10-27-18-12-15(6-7-17(18)26-4)11-16-8-9-24-20(16)23-21-19(22(24)25)13(2)14(3)28-21/h6-7,11-12H,5,8-10H2,1-4H3/b16-11+. The van der Waals surface area contributed by atoms with Crippen molar-refractivity contribution in [1.29, 1.82) is 0 Å². The molecule has 0 amide bonds. The second-order valence-corrected chi connectivity index (χ2v) is 8.24. The number of hydrogen-bond acceptors (Lipinski definition) is 5. The number of thiophene rings is 1. The number of aryl methyl sites for hydroxylation is 2. The van der Waals surface area contributed by atoms with Crippen molar-refractivity contribution in [3.8, 4) is 11.5 Å². The van der Waals surface area contributed by atoms with Crippen LogP contribution in [0.5, 0.6) is 11.5 Å². The third-order valence-corrected chi connectivity index (χ3v) is 6.27. The first-order chi connectivity index (χ1) is 13.5. The molecule has 0 saturated carbocycles. The molecule has 0 fully saturated rings. The van der Waals surface area contributed by atoms with Crippen molar-refractivity contribution < 1.29 is 9.47 Å². The molecule has 0 atom stereocenters. The van der Waals surface area contributed by atoms with E-state index in [0.29, 0.717) is 13.2 Å². The minimum atomic E-state index is 0.0759. The average Bonchev–Trinajstić information content (AvgIpc) is 3.21. The minimum Gasteiger partial charge on any atom is -0.493 e. The van der Waals surface area contributed by atoms with Gasteiger partial charge >= 0.3 is 0 Å². The first kappa shape index (κ1) is 18.7. The van der Waals surface area contributed by atoms with Gasteiger partial charge < -0.3 is 9.47 Å². The van der Waals surface area contributed by atoms with Crippen molar-refractivity contribution in [2.24, 2.45) is 0 Å². The minimum absolute atomic E-state index is 0.0759. The number of fused-ring (bicyclic) bond motifs is 2. The molecule has 0 N–H and O–H groups in total. The Morgan fingerprint density at radius 3 is 2.86 bits per heavy atom. The summed E-state index contributed by atoms with van der Waals surface area (Å²) in [6.07, 6.45) is 3.84. The van der Waals surface area contributed by atoms with E-state index >= 15 is 0 Å². The largest absolute Gasteiger partial charge is 0.493 e. The van der Waals surface area contributed by atoms with Crippen LogP contribution >= 0.6 is 11.3 Å². The Morgan fingerprint density at radius 2 is 2.11 bits per heavy atom. The molecule has 4 rings (SSSR count). The van der Waals surface area contributed by atoms with Gasteiger partial charge in [0.25, 0.3) is 5.56 Å². The Labute approximate surface area is 168 Å². The molecule has 2 aromatic heterocycles. The number of allylic oxidation sites excluding steroid dienone is 1. The Hall–Kier alpha value is -2.60. The van der Waals surface area contributed by atoms with E-state index in [4.69, 9.17) is 14.5 Å². The Bertz CT molecular complexity index is 1140. The summed E-state index contributed by atoms with van der Waals surface area (Å²) in [6, 6.07) is 5.91. The van der Waals surface area contributed by atoms with Crippen molar-refractivity contribution in [3.05, 3.63) is 50.4 Å². The number of ether oxygens (including phenoxy) is 2. The van der Waals surface area contributed by atoms with E-state index in [1.54, 1.807) is 18.4 Å². The third-order valence-electron chi connectivity index (χ3n) is 5.17. The average molecular weight is 397 g/mol. The topological polar surface area (TPSA) is 53.4 Å².